The lowest BCUT2D eigenvalue weighted by Crippen LogP contribution is -2.26. The molecule has 1 N–H and O–H groups in total. The molecular weight excluding hydrogens is 196 g/mol. The molecule has 0 heterocycles. The van der Waals surface area contributed by atoms with Gasteiger partial charge in [-0.15, -0.1) is 0 Å². The molecule has 1 saturated carbocycles. The number of hydrogen-bond donors (Lipinski definition) is 1. The number of phenolic OH excluding ortho intramolecular Hbond substituents is 1. The zero-order valence-corrected chi connectivity index (χ0v) is 10.6. The number of aryl methyl sites for hydroxylation is 2. The molecule has 1 nitrogen and oxygen atoms in total. The fraction of sp³-hybridized carbons (Fsp3) is 0.600. The molecule has 0 radical (unpaired) electrons. The summed E-state index contributed by atoms with van der Waals surface area (Å²) in [7, 11) is 0. The molecule has 2 rings (SSSR count). The van der Waals surface area contributed by atoms with E-state index >= 15 is 0 Å². The van der Waals surface area contributed by atoms with Crippen LogP contribution in [-0.2, 0) is 5.41 Å². The van der Waals surface area contributed by atoms with E-state index in [-0.39, 0.29) is 0 Å². The molecule has 0 amide bonds. The lowest BCUT2D eigenvalue weighted by Gasteiger charge is -2.35. The Balaban J connectivity index is 2.42. The molecule has 1 aliphatic rings. The fourth-order valence-corrected chi connectivity index (χ4v) is 3.05. The first-order valence-corrected chi connectivity index (χ1v) is 6.34. The third-order valence-corrected chi connectivity index (χ3v) is 4.15. The summed E-state index contributed by atoms with van der Waals surface area (Å²) in [6.07, 6.45) is 6.65. The lowest BCUT2D eigenvalue weighted by molar-refractivity contribution is 0.318. The SMILES string of the molecule is Cc1cc(C2(C)CCCCC2)c(C)cc1O. The Bertz CT molecular complexity index is 387. The van der Waals surface area contributed by atoms with Crippen LogP contribution in [0.15, 0.2) is 12.1 Å². The Morgan fingerprint density at radius 3 is 2.25 bits per heavy atom. The molecule has 0 saturated heterocycles. The predicted molar refractivity (Wildman–Crippen MR) is 68.0 cm³/mol. The van der Waals surface area contributed by atoms with Gasteiger partial charge in [-0.25, -0.2) is 0 Å². The van der Waals surface area contributed by atoms with Crippen molar-refractivity contribution in [3.63, 3.8) is 0 Å². The third kappa shape index (κ3) is 1.95. The van der Waals surface area contributed by atoms with Gasteiger partial charge in [0.05, 0.1) is 0 Å². The second-order valence-corrected chi connectivity index (χ2v) is 5.57. The van der Waals surface area contributed by atoms with Gasteiger partial charge in [-0.3, -0.25) is 0 Å². The first kappa shape index (κ1) is 11.5. The zero-order chi connectivity index (χ0) is 11.8. The monoisotopic (exact) mass is 218 g/mol. The molecule has 1 fully saturated rings. The lowest BCUT2D eigenvalue weighted by atomic mass is 9.69. The predicted octanol–water partition coefficient (Wildman–Crippen LogP) is 4.23. The van der Waals surface area contributed by atoms with Crippen LogP contribution in [0.5, 0.6) is 5.75 Å². The van der Waals surface area contributed by atoms with Crippen LogP contribution in [0.4, 0.5) is 0 Å². The van der Waals surface area contributed by atoms with Crippen molar-refractivity contribution >= 4 is 0 Å². The summed E-state index contributed by atoms with van der Waals surface area (Å²) < 4.78 is 0. The van der Waals surface area contributed by atoms with Gasteiger partial charge < -0.3 is 5.11 Å². The highest BCUT2D eigenvalue weighted by Gasteiger charge is 2.30. The van der Waals surface area contributed by atoms with Gasteiger partial charge in [0.25, 0.3) is 0 Å². The van der Waals surface area contributed by atoms with E-state index in [2.05, 4.69) is 19.9 Å². The van der Waals surface area contributed by atoms with Gasteiger partial charge in [-0.1, -0.05) is 32.3 Å². The molecule has 16 heavy (non-hydrogen) atoms. The molecule has 1 aromatic rings. The number of aromatic hydroxyl groups is 1. The maximum atomic E-state index is 9.71. The second kappa shape index (κ2) is 4.12. The summed E-state index contributed by atoms with van der Waals surface area (Å²) in [5, 5.41) is 9.71. The first-order chi connectivity index (χ1) is 7.53. The van der Waals surface area contributed by atoms with Gasteiger partial charge >= 0.3 is 0 Å². The molecular formula is C15H22O. The Kier molecular flexibility index (Phi) is 2.96. The largest absolute Gasteiger partial charge is 0.508 e. The zero-order valence-electron chi connectivity index (χ0n) is 10.6. The van der Waals surface area contributed by atoms with Gasteiger partial charge in [0, 0.05) is 0 Å². The van der Waals surface area contributed by atoms with E-state index in [1.165, 1.54) is 43.2 Å². The van der Waals surface area contributed by atoms with Crippen molar-refractivity contribution in [2.75, 3.05) is 0 Å². The van der Waals surface area contributed by atoms with E-state index in [0.29, 0.717) is 11.2 Å². The molecule has 1 aliphatic carbocycles. The van der Waals surface area contributed by atoms with Crippen LogP contribution in [0.2, 0.25) is 0 Å². The van der Waals surface area contributed by atoms with E-state index in [4.69, 9.17) is 0 Å². The van der Waals surface area contributed by atoms with E-state index in [1.54, 1.807) is 0 Å². The van der Waals surface area contributed by atoms with Crippen LogP contribution in [-0.4, -0.2) is 5.11 Å². The Morgan fingerprint density at radius 1 is 1.00 bits per heavy atom. The minimum absolute atomic E-state index is 0.334. The van der Waals surface area contributed by atoms with E-state index in [1.807, 2.05) is 13.0 Å². The fourth-order valence-electron chi connectivity index (χ4n) is 3.05. The van der Waals surface area contributed by atoms with Crippen molar-refractivity contribution in [1.82, 2.24) is 0 Å². The first-order valence-electron chi connectivity index (χ1n) is 6.34. The van der Waals surface area contributed by atoms with Crippen LogP contribution in [0.1, 0.15) is 55.7 Å². The molecule has 88 valence electrons. The average Bonchev–Trinajstić information content (AvgIpc) is 2.24. The standard InChI is InChI=1S/C15H22O/c1-11-10-14(16)12(2)9-13(11)15(3)7-5-4-6-8-15/h9-10,16H,4-8H2,1-3H3. The highest BCUT2D eigenvalue weighted by atomic mass is 16.3. The van der Waals surface area contributed by atoms with Gasteiger partial charge in [0.15, 0.2) is 0 Å². The van der Waals surface area contributed by atoms with Crippen molar-refractivity contribution < 1.29 is 5.11 Å². The average molecular weight is 218 g/mol. The minimum Gasteiger partial charge on any atom is -0.508 e. The molecule has 0 unspecified atom stereocenters. The molecule has 0 spiro atoms. The summed E-state index contributed by atoms with van der Waals surface area (Å²) >= 11 is 0. The maximum absolute atomic E-state index is 9.71. The molecule has 1 aromatic carbocycles. The maximum Gasteiger partial charge on any atom is 0.118 e. The van der Waals surface area contributed by atoms with Crippen molar-refractivity contribution in [2.24, 2.45) is 0 Å². The molecule has 0 aromatic heterocycles. The number of phenols is 1. The second-order valence-electron chi connectivity index (χ2n) is 5.57. The Labute approximate surface area is 98.5 Å². The van der Waals surface area contributed by atoms with Gasteiger partial charge in [0.1, 0.15) is 5.75 Å². The summed E-state index contributed by atoms with van der Waals surface area (Å²) in [4.78, 5) is 0. The van der Waals surface area contributed by atoms with Crippen molar-refractivity contribution in [3.05, 3.63) is 28.8 Å². The Morgan fingerprint density at radius 2 is 1.62 bits per heavy atom. The van der Waals surface area contributed by atoms with Crippen LogP contribution in [0.25, 0.3) is 0 Å². The minimum atomic E-state index is 0.334. The summed E-state index contributed by atoms with van der Waals surface area (Å²) in [6, 6.07) is 4.11. The van der Waals surface area contributed by atoms with Crippen molar-refractivity contribution in [2.45, 2.75) is 58.3 Å². The molecule has 0 atom stereocenters. The third-order valence-electron chi connectivity index (χ3n) is 4.15. The molecule has 0 aliphatic heterocycles. The summed E-state index contributed by atoms with van der Waals surface area (Å²) in [6.45, 7) is 6.49. The smallest absolute Gasteiger partial charge is 0.118 e. The van der Waals surface area contributed by atoms with E-state index < -0.39 is 0 Å². The van der Waals surface area contributed by atoms with E-state index in [0.717, 1.165) is 5.56 Å². The van der Waals surface area contributed by atoms with Crippen molar-refractivity contribution in [1.29, 1.82) is 0 Å². The van der Waals surface area contributed by atoms with Gasteiger partial charge in [-0.05, 0) is 54.9 Å². The Hall–Kier alpha value is -0.980. The van der Waals surface area contributed by atoms with Crippen LogP contribution in [0.3, 0.4) is 0 Å². The van der Waals surface area contributed by atoms with Crippen LogP contribution >= 0.6 is 0 Å². The van der Waals surface area contributed by atoms with Gasteiger partial charge in [-0.2, -0.15) is 0 Å². The highest BCUT2D eigenvalue weighted by molar-refractivity contribution is 5.44. The van der Waals surface area contributed by atoms with Gasteiger partial charge in [0.2, 0.25) is 0 Å². The summed E-state index contributed by atoms with van der Waals surface area (Å²) in [5.74, 6) is 0.431. The van der Waals surface area contributed by atoms with Crippen LogP contribution in [0, 0.1) is 13.8 Å². The summed E-state index contributed by atoms with van der Waals surface area (Å²) in [5.41, 5.74) is 4.03. The number of rotatable bonds is 1. The topological polar surface area (TPSA) is 20.2 Å². The normalized spacial score (nSPS) is 19.7. The van der Waals surface area contributed by atoms with Crippen LogP contribution < -0.4 is 0 Å². The highest BCUT2D eigenvalue weighted by Crippen LogP contribution is 2.41. The number of benzene rings is 1. The van der Waals surface area contributed by atoms with Crippen molar-refractivity contribution in [3.8, 4) is 5.75 Å². The van der Waals surface area contributed by atoms with E-state index in [9.17, 15) is 5.11 Å². The molecule has 1 heteroatoms. The molecule has 0 bridgehead atoms. The number of hydrogen-bond acceptors (Lipinski definition) is 1. The quantitative estimate of drug-likeness (QED) is 0.748.